The Balaban J connectivity index is 1.06. The Morgan fingerprint density at radius 1 is 1.22 bits per heavy atom. The number of nitrogens with one attached hydrogen (secondary N) is 1. The van der Waals surface area contributed by atoms with E-state index in [0.29, 0.717) is 29.7 Å². The van der Waals surface area contributed by atoms with Gasteiger partial charge in [0.1, 0.15) is 29.9 Å². The fourth-order valence-corrected chi connectivity index (χ4v) is 6.39. The number of aromatic nitrogens is 6. The SMILES string of the molecule is CC(C)N(CC1OCC(O)(n2cnc3c(N)ncnc32)C1O)C1CC(CCc2nc3ccc(C(C)(C)C)cc3[nH]2)C1. The third-order valence-electron chi connectivity index (χ3n) is 9.03. The first-order valence-corrected chi connectivity index (χ1v) is 14.6. The molecule has 4 aromatic rings. The monoisotopic (exact) mass is 562 g/mol. The summed E-state index contributed by atoms with van der Waals surface area (Å²) in [7, 11) is 0. The average molecular weight is 563 g/mol. The van der Waals surface area contributed by atoms with Gasteiger partial charge in [-0.25, -0.2) is 19.9 Å². The van der Waals surface area contributed by atoms with Gasteiger partial charge in [0.25, 0.3) is 0 Å². The molecule has 5 N–H and O–H groups in total. The zero-order chi connectivity index (χ0) is 29.1. The molecule has 0 radical (unpaired) electrons. The van der Waals surface area contributed by atoms with Gasteiger partial charge in [-0.15, -0.1) is 0 Å². The highest BCUT2D eigenvalue weighted by Crippen LogP contribution is 2.38. The number of imidazole rings is 2. The molecule has 4 heterocycles. The zero-order valence-electron chi connectivity index (χ0n) is 24.6. The Labute approximate surface area is 240 Å². The predicted molar refractivity (Wildman–Crippen MR) is 157 cm³/mol. The van der Waals surface area contributed by atoms with Gasteiger partial charge in [0, 0.05) is 25.0 Å². The number of nitrogen functional groups attached to an aromatic ring is 1. The Bertz CT molecular complexity index is 1540. The number of nitrogens with zero attached hydrogens (tertiary/aromatic N) is 6. The number of nitrogens with two attached hydrogens (primary N) is 1. The number of hydrogen-bond donors (Lipinski definition) is 4. The fourth-order valence-electron chi connectivity index (χ4n) is 6.39. The van der Waals surface area contributed by atoms with Crippen molar-refractivity contribution in [3.63, 3.8) is 0 Å². The van der Waals surface area contributed by atoms with E-state index in [1.54, 1.807) is 0 Å². The molecule has 3 aromatic heterocycles. The van der Waals surface area contributed by atoms with Gasteiger partial charge in [0.2, 0.25) is 0 Å². The van der Waals surface area contributed by atoms with Gasteiger partial charge in [-0.1, -0.05) is 26.8 Å². The van der Waals surface area contributed by atoms with Crippen LogP contribution in [0.4, 0.5) is 5.82 Å². The van der Waals surface area contributed by atoms with Gasteiger partial charge >= 0.3 is 0 Å². The van der Waals surface area contributed by atoms with Crippen molar-refractivity contribution in [1.29, 1.82) is 0 Å². The number of aryl methyl sites for hydroxylation is 1. The first-order valence-electron chi connectivity index (χ1n) is 14.6. The summed E-state index contributed by atoms with van der Waals surface area (Å²) in [6, 6.07) is 7.22. The van der Waals surface area contributed by atoms with E-state index < -0.39 is 17.9 Å². The largest absolute Gasteiger partial charge is 0.385 e. The highest BCUT2D eigenvalue weighted by molar-refractivity contribution is 5.81. The Morgan fingerprint density at radius 2 is 2.00 bits per heavy atom. The van der Waals surface area contributed by atoms with Crippen LogP contribution in [0.3, 0.4) is 0 Å². The third kappa shape index (κ3) is 5.09. The molecule has 1 saturated carbocycles. The number of hydrogen-bond acceptors (Lipinski definition) is 9. The van der Waals surface area contributed by atoms with Gasteiger partial charge in [-0.2, -0.15) is 0 Å². The molecule has 6 rings (SSSR count). The first-order chi connectivity index (χ1) is 19.4. The maximum absolute atomic E-state index is 11.5. The Hall–Kier alpha value is -3.12. The second-order valence-corrected chi connectivity index (χ2v) is 13.2. The number of benzene rings is 1. The van der Waals surface area contributed by atoms with Crippen LogP contribution < -0.4 is 5.73 Å². The third-order valence-corrected chi connectivity index (χ3v) is 9.03. The van der Waals surface area contributed by atoms with Crippen molar-refractivity contribution in [3.8, 4) is 0 Å². The summed E-state index contributed by atoms with van der Waals surface area (Å²) in [5.41, 5.74) is 8.54. The lowest BCUT2D eigenvalue weighted by molar-refractivity contribution is -0.110. The van der Waals surface area contributed by atoms with Crippen LogP contribution in [0.15, 0.2) is 30.9 Å². The molecule has 220 valence electrons. The van der Waals surface area contributed by atoms with Crippen LogP contribution in [-0.4, -0.2) is 82.0 Å². The van der Waals surface area contributed by atoms with E-state index in [2.05, 4.69) is 77.7 Å². The van der Waals surface area contributed by atoms with Crippen LogP contribution in [0.2, 0.25) is 0 Å². The molecule has 3 unspecified atom stereocenters. The summed E-state index contributed by atoms with van der Waals surface area (Å²) in [5, 5.41) is 22.7. The minimum atomic E-state index is -1.69. The van der Waals surface area contributed by atoms with Crippen molar-refractivity contribution < 1.29 is 14.9 Å². The molecule has 11 nitrogen and oxygen atoms in total. The van der Waals surface area contributed by atoms with Crippen LogP contribution >= 0.6 is 0 Å². The van der Waals surface area contributed by atoms with Crippen LogP contribution in [0.1, 0.15) is 65.3 Å². The summed E-state index contributed by atoms with van der Waals surface area (Å²) in [5.74, 6) is 1.91. The molecular weight excluding hydrogens is 520 g/mol. The number of ether oxygens (including phenoxy) is 1. The quantitative estimate of drug-likeness (QED) is 0.254. The van der Waals surface area contributed by atoms with Crippen molar-refractivity contribution in [2.75, 3.05) is 18.9 Å². The van der Waals surface area contributed by atoms with Crippen molar-refractivity contribution in [1.82, 2.24) is 34.4 Å². The normalized spacial score (nSPS) is 27.0. The lowest BCUT2D eigenvalue weighted by atomic mass is 9.76. The highest BCUT2D eigenvalue weighted by atomic mass is 16.5. The van der Waals surface area contributed by atoms with Crippen molar-refractivity contribution in [3.05, 3.63) is 42.2 Å². The molecule has 0 spiro atoms. The number of aliphatic hydroxyl groups excluding tert-OH is 1. The molecule has 3 atom stereocenters. The van der Waals surface area contributed by atoms with Gasteiger partial charge < -0.3 is 25.7 Å². The number of H-pyrrole nitrogens is 1. The van der Waals surface area contributed by atoms with E-state index in [0.717, 1.165) is 42.5 Å². The smallest absolute Gasteiger partial charge is 0.197 e. The molecular formula is C30H42N8O3. The maximum Gasteiger partial charge on any atom is 0.197 e. The van der Waals surface area contributed by atoms with Crippen LogP contribution in [0, 0.1) is 5.92 Å². The minimum Gasteiger partial charge on any atom is -0.385 e. The minimum absolute atomic E-state index is 0.0673. The van der Waals surface area contributed by atoms with Crippen molar-refractivity contribution in [2.24, 2.45) is 5.92 Å². The van der Waals surface area contributed by atoms with Crippen LogP contribution in [0.25, 0.3) is 22.2 Å². The molecule has 1 aliphatic carbocycles. The number of aromatic amines is 1. The molecule has 11 heteroatoms. The van der Waals surface area contributed by atoms with Crippen LogP contribution in [0.5, 0.6) is 0 Å². The van der Waals surface area contributed by atoms with Gasteiger partial charge in [0.15, 0.2) is 17.2 Å². The summed E-state index contributed by atoms with van der Waals surface area (Å²) < 4.78 is 7.45. The average Bonchev–Trinajstić information content (AvgIpc) is 3.58. The lowest BCUT2D eigenvalue weighted by Crippen LogP contribution is -2.54. The summed E-state index contributed by atoms with van der Waals surface area (Å²) >= 11 is 0. The number of fused-ring (bicyclic) bond motifs is 2. The molecule has 1 saturated heterocycles. The molecule has 41 heavy (non-hydrogen) atoms. The van der Waals surface area contributed by atoms with Crippen molar-refractivity contribution >= 4 is 28.0 Å². The Kier molecular flexibility index (Phi) is 7.04. The number of rotatable bonds is 8. The second kappa shape index (κ2) is 10.3. The molecule has 0 bridgehead atoms. The van der Waals surface area contributed by atoms with E-state index in [1.807, 2.05) is 0 Å². The molecule has 1 aromatic carbocycles. The highest BCUT2D eigenvalue weighted by Gasteiger charge is 2.51. The zero-order valence-corrected chi connectivity index (χ0v) is 24.6. The Morgan fingerprint density at radius 3 is 2.73 bits per heavy atom. The summed E-state index contributed by atoms with van der Waals surface area (Å²) in [6.45, 7) is 11.5. The van der Waals surface area contributed by atoms with E-state index in [4.69, 9.17) is 15.5 Å². The standard InChI is InChI=1S/C30H42N8O3/c1-17(2)37(13-23-26(39)30(40,14-41-23)38-16-34-25-27(31)32-15-33-28(25)38)20-10-18(11-20)6-9-24-35-21-8-7-19(29(3,4)5)12-22(21)36-24/h7-8,12,15-18,20,23,26,39-40H,6,9-11,13-14H2,1-5H3,(H,35,36)(H2,31,32,33). The molecule has 0 amide bonds. The van der Waals surface area contributed by atoms with E-state index in [9.17, 15) is 10.2 Å². The van der Waals surface area contributed by atoms with E-state index in [1.165, 1.54) is 22.8 Å². The fraction of sp³-hybridized carbons (Fsp3) is 0.600. The summed E-state index contributed by atoms with van der Waals surface area (Å²) in [6.07, 6.45) is 5.28. The molecule has 1 aliphatic heterocycles. The first kappa shape index (κ1) is 28.0. The maximum atomic E-state index is 11.5. The second-order valence-electron chi connectivity index (χ2n) is 13.2. The van der Waals surface area contributed by atoms with Crippen LogP contribution in [-0.2, 0) is 22.3 Å². The summed E-state index contributed by atoms with van der Waals surface area (Å²) in [4.78, 5) is 23.2. The van der Waals surface area contributed by atoms with Gasteiger partial charge in [-0.3, -0.25) is 9.47 Å². The van der Waals surface area contributed by atoms with Crippen molar-refractivity contribution in [2.45, 2.75) is 95.7 Å². The van der Waals surface area contributed by atoms with E-state index in [-0.39, 0.29) is 23.9 Å². The number of aliphatic hydroxyl groups is 2. The predicted octanol–water partition coefficient (Wildman–Crippen LogP) is 3.11. The molecule has 2 fully saturated rings. The van der Waals surface area contributed by atoms with Gasteiger partial charge in [0.05, 0.1) is 24.0 Å². The van der Waals surface area contributed by atoms with Gasteiger partial charge in [-0.05, 0) is 62.1 Å². The lowest BCUT2D eigenvalue weighted by Gasteiger charge is -2.46. The molecule has 2 aliphatic rings. The van der Waals surface area contributed by atoms with E-state index >= 15 is 0 Å². The number of anilines is 1. The topological polar surface area (TPSA) is 151 Å².